The second-order valence-electron chi connectivity index (χ2n) is 8.85. The van der Waals surface area contributed by atoms with E-state index in [-0.39, 0.29) is 0 Å². The zero-order valence-electron chi connectivity index (χ0n) is 17.6. The number of carbonyl (C=O) groups is 1. The van der Waals surface area contributed by atoms with Crippen LogP contribution in [-0.2, 0) is 17.6 Å². The molecule has 3 fully saturated rings. The summed E-state index contributed by atoms with van der Waals surface area (Å²) in [6, 6.07) is 8.07. The van der Waals surface area contributed by atoms with E-state index in [2.05, 4.69) is 22.8 Å². The van der Waals surface area contributed by atoms with Crippen LogP contribution in [0.3, 0.4) is 0 Å². The molecule has 0 spiro atoms. The van der Waals surface area contributed by atoms with Crippen molar-refractivity contribution in [3.8, 4) is 0 Å². The SMILES string of the molecule is CCc1nc(C2CC2)nc(N2CCN(C(=O)C3CC3)CC2)c1Cc1cccc(Cl)c1. The molecular formula is C24H29ClN4O. The number of carbonyl (C=O) groups excluding carboxylic acids is 1. The van der Waals surface area contributed by atoms with Crippen LogP contribution in [0.2, 0.25) is 5.02 Å². The number of rotatable bonds is 6. The van der Waals surface area contributed by atoms with Crippen molar-refractivity contribution in [3.05, 3.63) is 51.9 Å². The molecule has 5 rings (SSSR count). The predicted molar refractivity (Wildman–Crippen MR) is 119 cm³/mol. The summed E-state index contributed by atoms with van der Waals surface area (Å²) >= 11 is 6.25. The number of aromatic nitrogens is 2. The van der Waals surface area contributed by atoms with Crippen molar-refractivity contribution < 1.29 is 4.79 Å². The quantitative estimate of drug-likeness (QED) is 0.696. The Labute approximate surface area is 183 Å². The monoisotopic (exact) mass is 424 g/mol. The number of hydrogen-bond acceptors (Lipinski definition) is 4. The highest BCUT2D eigenvalue weighted by atomic mass is 35.5. The van der Waals surface area contributed by atoms with Crippen molar-refractivity contribution in [2.75, 3.05) is 31.1 Å². The number of amides is 1. The summed E-state index contributed by atoms with van der Waals surface area (Å²) in [5.41, 5.74) is 3.55. The van der Waals surface area contributed by atoms with Crippen LogP contribution in [0.25, 0.3) is 0 Å². The van der Waals surface area contributed by atoms with E-state index in [1.165, 1.54) is 24.0 Å². The fourth-order valence-electron chi connectivity index (χ4n) is 4.37. The fourth-order valence-corrected chi connectivity index (χ4v) is 4.59. The average molecular weight is 425 g/mol. The molecule has 0 atom stereocenters. The van der Waals surface area contributed by atoms with Gasteiger partial charge in [0.25, 0.3) is 0 Å². The Balaban J connectivity index is 1.44. The molecule has 30 heavy (non-hydrogen) atoms. The Morgan fingerprint density at radius 3 is 2.50 bits per heavy atom. The van der Waals surface area contributed by atoms with Crippen molar-refractivity contribution in [2.45, 2.75) is 51.4 Å². The fraction of sp³-hybridized carbons (Fsp3) is 0.542. The highest BCUT2D eigenvalue weighted by Gasteiger charge is 2.35. The van der Waals surface area contributed by atoms with Crippen LogP contribution >= 0.6 is 11.6 Å². The van der Waals surface area contributed by atoms with Gasteiger partial charge in [-0.15, -0.1) is 0 Å². The standard InChI is InChI=1S/C24H29ClN4O/c1-2-21-20(15-16-4-3-5-19(25)14-16)23(27-22(26-21)17-6-7-17)28-10-12-29(13-11-28)24(30)18-8-9-18/h3-5,14,17-18H,2,6-13,15H2,1H3. The molecule has 1 saturated heterocycles. The van der Waals surface area contributed by atoms with Gasteiger partial charge in [-0.05, 0) is 49.8 Å². The molecule has 158 valence electrons. The third-order valence-electron chi connectivity index (χ3n) is 6.45. The number of aryl methyl sites for hydroxylation is 1. The first-order chi connectivity index (χ1) is 14.6. The van der Waals surface area contributed by atoms with Crippen LogP contribution in [0.1, 0.15) is 61.2 Å². The smallest absolute Gasteiger partial charge is 0.225 e. The molecule has 2 aliphatic carbocycles. The highest BCUT2D eigenvalue weighted by Crippen LogP contribution is 2.40. The second-order valence-corrected chi connectivity index (χ2v) is 9.29. The Bertz CT molecular complexity index is 946. The van der Waals surface area contributed by atoms with Gasteiger partial charge < -0.3 is 9.80 Å². The zero-order valence-corrected chi connectivity index (χ0v) is 18.4. The number of benzene rings is 1. The van der Waals surface area contributed by atoms with E-state index in [0.717, 1.165) is 74.2 Å². The van der Waals surface area contributed by atoms with Gasteiger partial charge >= 0.3 is 0 Å². The molecular weight excluding hydrogens is 396 g/mol. The molecule has 0 radical (unpaired) electrons. The van der Waals surface area contributed by atoms with Crippen molar-refractivity contribution in [2.24, 2.45) is 5.92 Å². The Kier molecular flexibility index (Phi) is 5.40. The topological polar surface area (TPSA) is 49.3 Å². The largest absolute Gasteiger partial charge is 0.353 e. The molecule has 3 aliphatic rings. The summed E-state index contributed by atoms with van der Waals surface area (Å²) < 4.78 is 0. The molecule has 0 unspecified atom stereocenters. The minimum absolute atomic E-state index is 0.294. The van der Waals surface area contributed by atoms with E-state index in [1.54, 1.807) is 0 Å². The second kappa shape index (κ2) is 8.18. The third kappa shape index (κ3) is 4.18. The van der Waals surface area contributed by atoms with E-state index in [0.29, 0.717) is 17.7 Å². The van der Waals surface area contributed by atoms with E-state index in [9.17, 15) is 4.79 Å². The molecule has 1 aromatic heterocycles. The minimum atomic E-state index is 0.294. The van der Waals surface area contributed by atoms with Crippen molar-refractivity contribution >= 4 is 23.3 Å². The van der Waals surface area contributed by atoms with Gasteiger partial charge in [0.15, 0.2) is 0 Å². The van der Waals surface area contributed by atoms with Gasteiger partial charge in [0.1, 0.15) is 11.6 Å². The van der Waals surface area contributed by atoms with Crippen LogP contribution < -0.4 is 4.90 Å². The lowest BCUT2D eigenvalue weighted by Gasteiger charge is -2.37. The normalized spacial score (nSPS) is 19.3. The lowest BCUT2D eigenvalue weighted by atomic mass is 10.0. The van der Waals surface area contributed by atoms with Gasteiger partial charge in [0, 0.05) is 60.7 Å². The number of anilines is 1. The van der Waals surface area contributed by atoms with E-state index in [4.69, 9.17) is 21.6 Å². The van der Waals surface area contributed by atoms with Crippen LogP contribution in [0.15, 0.2) is 24.3 Å². The molecule has 2 heterocycles. The summed E-state index contributed by atoms with van der Waals surface area (Å²) in [6.45, 7) is 5.43. The predicted octanol–water partition coefficient (Wildman–Crippen LogP) is 4.22. The van der Waals surface area contributed by atoms with Crippen molar-refractivity contribution in [1.82, 2.24) is 14.9 Å². The minimum Gasteiger partial charge on any atom is -0.353 e. The van der Waals surface area contributed by atoms with Crippen LogP contribution in [0.5, 0.6) is 0 Å². The van der Waals surface area contributed by atoms with Gasteiger partial charge in [-0.25, -0.2) is 9.97 Å². The third-order valence-corrected chi connectivity index (χ3v) is 6.69. The summed E-state index contributed by atoms with van der Waals surface area (Å²) in [5, 5.41) is 0.759. The lowest BCUT2D eigenvalue weighted by Crippen LogP contribution is -2.49. The molecule has 1 aliphatic heterocycles. The number of piperazine rings is 1. The molecule has 1 aromatic carbocycles. The van der Waals surface area contributed by atoms with Gasteiger partial charge in [-0.3, -0.25) is 4.79 Å². The molecule has 2 aromatic rings. The maximum atomic E-state index is 12.5. The highest BCUT2D eigenvalue weighted by molar-refractivity contribution is 6.30. The number of halogens is 1. The molecule has 2 saturated carbocycles. The first kappa shape index (κ1) is 19.8. The van der Waals surface area contributed by atoms with Gasteiger partial charge in [0.2, 0.25) is 5.91 Å². The number of hydrogen-bond donors (Lipinski definition) is 0. The van der Waals surface area contributed by atoms with E-state index < -0.39 is 0 Å². The summed E-state index contributed by atoms with van der Waals surface area (Å²) in [4.78, 5) is 26.9. The first-order valence-electron chi connectivity index (χ1n) is 11.3. The zero-order chi connectivity index (χ0) is 20.7. The summed E-state index contributed by atoms with van der Waals surface area (Å²) in [5.74, 6) is 3.24. The van der Waals surface area contributed by atoms with Crippen LogP contribution in [0, 0.1) is 5.92 Å². The summed E-state index contributed by atoms with van der Waals surface area (Å²) in [7, 11) is 0. The first-order valence-corrected chi connectivity index (χ1v) is 11.7. The molecule has 5 nitrogen and oxygen atoms in total. The molecule has 6 heteroatoms. The Morgan fingerprint density at radius 1 is 1.10 bits per heavy atom. The van der Waals surface area contributed by atoms with Crippen molar-refractivity contribution in [1.29, 1.82) is 0 Å². The average Bonchev–Trinajstić information content (AvgIpc) is 3.66. The number of nitrogens with zero attached hydrogens (tertiary/aromatic N) is 4. The Hall–Kier alpha value is -2.14. The van der Waals surface area contributed by atoms with Gasteiger partial charge in [-0.1, -0.05) is 30.7 Å². The van der Waals surface area contributed by atoms with E-state index >= 15 is 0 Å². The lowest BCUT2D eigenvalue weighted by molar-refractivity contribution is -0.132. The van der Waals surface area contributed by atoms with Crippen LogP contribution in [0.4, 0.5) is 5.82 Å². The maximum absolute atomic E-state index is 12.5. The van der Waals surface area contributed by atoms with Crippen LogP contribution in [-0.4, -0.2) is 47.0 Å². The van der Waals surface area contributed by atoms with E-state index in [1.807, 2.05) is 18.2 Å². The molecule has 0 bridgehead atoms. The van der Waals surface area contributed by atoms with Gasteiger partial charge in [0.05, 0.1) is 0 Å². The van der Waals surface area contributed by atoms with Crippen molar-refractivity contribution in [3.63, 3.8) is 0 Å². The molecule has 1 amide bonds. The summed E-state index contributed by atoms with van der Waals surface area (Å²) in [6.07, 6.45) is 6.20. The van der Waals surface area contributed by atoms with Gasteiger partial charge in [-0.2, -0.15) is 0 Å². The Morgan fingerprint density at radius 2 is 1.87 bits per heavy atom. The maximum Gasteiger partial charge on any atom is 0.225 e. The molecule has 0 N–H and O–H groups in total.